The molecule has 0 amide bonds. The molecule has 0 atom stereocenters. The molecule has 84 heavy (non-hydrogen) atoms. The third kappa shape index (κ3) is 19.4. The molecule has 0 spiro atoms. The number of rotatable bonds is 6. The van der Waals surface area contributed by atoms with Crippen molar-refractivity contribution >= 4 is 0 Å². The zero-order valence-electron chi connectivity index (χ0n) is 51.7. The highest BCUT2D eigenvalue weighted by atomic mass is 14.1. The van der Waals surface area contributed by atoms with E-state index in [0.29, 0.717) is 0 Å². The molecule has 0 fully saturated rings. The summed E-state index contributed by atoms with van der Waals surface area (Å²) in [5, 5.41) is 0. The van der Waals surface area contributed by atoms with Crippen LogP contribution in [0.4, 0.5) is 0 Å². The lowest BCUT2D eigenvalue weighted by molar-refractivity contribution is 1.34. The predicted octanol–water partition coefficient (Wildman–Crippen LogP) is 23.8. The molecule has 0 aliphatic rings. The van der Waals surface area contributed by atoms with Gasteiger partial charge < -0.3 is 0 Å². The molecule has 0 unspecified atom stereocenters. The van der Waals surface area contributed by atoms with Gasteiger partial charge in [-0.25, -0.2) is 0 Å². The maximum atomic E-state index is 2.24. The quantitative estimate of drug-likeness (QED) is 0.156. The molecule has 0 bridgehead atoms. The first kappa shape index (κ1) is 62.2. The summed E-state index contributed by atoms with van der Waals surface area (Å²) in [5.41, 5.74) is 31.6. The van der Waals surface area contributed by atoms with Gasteiger partial charge in [0.15, 0.2) is 0 Å². The van der Waals surface area contributed by atoms with Gasteiger partial charge in [-0.1, -0.05) is 330 Å². The van der Waals surface area contributed by atoms with Crippen LogP contribution in [0, 0.1) is 83.1 Å². The van der Waals surface area contributed by atoms with Crippen LogP contribution in [0.5, 0.6) is 0 Å². The number of hydrogen-bond acceptors (Lipinski definition) is 0. The molecular formula is C84H84. The van der Waals surface area contributed by atoms with Crippen molar-refractivity contribution in [1.82, 2.24) is 0 Å². The van der Waals surface area contributed by atoms with Crippen molar-refractivity contribution < 1.29 is 0 Å². The molecule has 420 valence electrons. The summed E-state index contributed by atoms with van der Waals surface area (Å²) >= 11 is 0. The van der Waals surface area contributed by atoms with Crippen molar-refractivity contribution in [2.24, 2.45) is 0 Å². The molecule has 0 N–H and O–H groups in total. The van der Waals surface area contributed by atoms with E-state index in [0.717, 1.165) is 0 Å². The van der Waals surface area contributed by atoms with Crippen molar-refractivity contribution in [1.29, 1.82) is 0 Å². The Kier molecular flexibility index (Phi) is 23.5. The van der Waals surface area contributed by atoms with E-state index < -0.39 is 0 Å². The van der Waals surface area contributed by atoms with E-state index in [1.807, 2.05) is 18.2 Å². The van der Waals surface area contributed by atoms with Crippen LogP contribution in [0.15, 0.2) is 291 Å². The van der Waals surface area contributed by atoms with Crippen LogP contribution in [0.2, 0.25) is 0 Å². The molecule has 0 heterocycles. The maximum Gasteiger partial charge on any atom is -0.0155 e. The van der Waals surface area contributed by atoms with Gasteiger partial charge in [-0.05, 0) is 178 Å². The summed E-state index contributed by atoms with van der Waals surface area (Å²) in [5.74, 6) is 0. The number of aryl methyl sites for hydroxylation is 12. The van der Waals surface area contributed by atoms with Crippen molar-refractivity contribution in [2.45, 2.75) is 83.1 Å². The Morgan fingerprint density at radius 2 is 0.452 bits per heavy atom. The first-order valence-electron chi connectivity index (χ1n) is 29.4. The smallest absolute Gasteiger partial charge is 0.0155 e. The van der Waals surface area contributed by atoms with Gasteiger partial charge >= 0.3 is 0 Å². The van der Waals surface area contributed by atoms with E-state index in [1.54, 1.807) is 0 Å². The Hall–Kier alpha value is -9.36. The minimum Gasteiger partial charge on any atom is -0.0622 e. The van der Waals surface area contributed by atoms with Gasteiger partial charge in [0.1, 0.15) is 0 Å². The highest BCUT2D eigenvalue weighted by Gasteiger charge is 2.04. The molecule has 0 aliphatic carbocycles. The summed E-state index contributed by atoms with van der Waals surface area (Å²) in [6.07, 6.45) is 0. The molecule has 0 saturated carbocycles. The molecule has 0 aromatic heterocycles. The molecule has 12 aromatic carbocycles. The van der Waals surface area contributed by atoms with Crippen LogP contribution in [-0.2, 0) is 0 Å². The fourth-order valence-corrected chi connectivity index (χ4v) is 10.1. The first-order valence-corrected chi connectivity index (χ1v) is 29.4. The average Bonchev–Trinajstić information content (AvgIpc) is 3.71. The molecule has 0 nitrogen and oxygen atoms in total. The zero-order valence-corrected chi connectivity index (χ0v) is 51.7. The highest BCUT2D eigenvalue weighted by Crippen LogP contribution is 2.28. The third-order valence-corrected chi connectivity index (χ3v) is 14.7. The average molecular weight is 1090 g/mol. The summed E-state index contributed by atoms with van der Waals surface area (Å²) < 4.78 is 0. The summed E-state index contributed by atoms with van der Waals surface area (Å²) in [4.78, 5) is 0. The van der Waals surface area contributed by atoms with E-state index in [4.69, 9.17) is 0 Å². The molecular weight excluding hydrogens is 1010 g/mol. The predicted molar refractivity (Wildman–Crippen MR) is 368 cm³/mol. The van der Waals surface area contributed by atoms with E-state index >= 15 is 0 Å². The SMILES string of the molecule is Cc1cc(C)cc(-c2ccccc2)c1.Cc1ccc(-c2ccccc2)c(C)c1.Cc1ccc(-c2ccccc2)cc1C.Cc1cccc(-c2cccc(C)c2)c1.Cc1cccc(-c2ccccc2C)c1.Cc1cccc(-c2ccccc2C)c1. The van der Waals surface area contributed by atoms with Gasteiger partial charge in [0.25, 0.3) is 0 Å². The van der Waals surface area contributed by atoms with Gasteiger partial charge in [-0.2, -0.15) is 0 Å². The van der Waals surface area contributed by atoms with Gasteiger partial charge in [0.05, 0.1) is 0 Å². The van der Waals surface area contributed by atoms with Crippen LogP contribution in [-0.4, -0.2) is 0 Å². The molecule has 12 rings (SSSR count). The Morgan fingerprint density at radius 1 is 0.131 bits per heavy atom. The van der Waals surface area contributed by atoms with Crippen molar-refractivity contribution in [3.05, 3.63) is 358 Å². The minimum absolute atomic E-state index is 1.29. The largest absolute Gasteiger partial charge is 0.0622 e. The Labute approximate surface area is 504 Å². The Balaban J connectivity index is 0.000000145. The number of benzene rings is 12. The van der Waals surface area contributed by atoms with Crippen LogP contribution >= 0.6 is 0 Å². The van der Waals surface area contributed by atoms with Crippen molar-refractivity contribution in [3.8, 4) is 66.8 Å². The standard InChI is InChI=1S/6C14H14/c1-11-5-3-7-13(9-11)14-8-4-6-12(2)10-14;2*1-11-6-5-8-13(10-11)14-9-4-3-7-12(14)2;1-11-8-12(2)10-14(9-11)13-6-4-3-5-7-13;1-11-8-9-14(10-12(11)2)13-6-4-3-5-7-13;1-11-8-9-14(12(2)10-11)13-6-4-3-5-7-13/h6*3-10H,1-2H3. The first-order chi connectivity index (χ1) is 40.6. The lowest BCUT2D eigenvalue weighted by Gasteiger charge is -2.06. The van der Waals surface area contributed by atoms with E-state index in [-0.39, 0.29) is 0 Å². The second-order valence-corrected chi connectivity index (χ2v) is 22.2. The van der Waals surface area contributed by atoms with Gasteiger partial charge in [0.2, 0.25) is 0 Å². The van der Waals surface area contributed by atoms with E-state index in [9.17, 15) is 0 Å². The molecule has 0 radical (unpaired) electrons. The second-order valence-electron chi connectivity index (χ2n) is 22.2. The summed E-state index contributed by atoms with van der Waals surface area (Å²) in [7, 11) is 0. The van der Waals surface area contributed by atoms with Gasteiger partial charge in [0, 0.05) is 0 Å². The van der Waals surface area contributed by atoms with Crippen LogP contribution in [0.25, 0.3) is 66.8 Å². The summed E-state index contributed by atoms with van der Waals surface area (Å²) in [6, 6.07) is 103. The van der Waals surface area contributed by atoms with E-state index in [1.165, 1.54) is 134 Å². The van der Waals surface area contributed by atoms with E-state index in [2.05, 4.69) is 356 Å². The second kappa shape index (κ2) is 31.7. The van der Waals surface area contributed by atoms with Crippen molar-refractivity contribution in [3.63, 3.8) is 0 Å². The summed E-state index contributed by atoms with van der Waals surface area (Å²) in [6.45, 7) is 25.7. The normalized spacial score (nSPS) is 10.1. The Bertz CT molecular complexity index is 3800. The minimum atomic E-state index is 1.29. The Morgan fingerprint density at radius 3 is 0.857 bits per heavy atom. The van der Waals surface area contributed by atoms with Crippen LogP contribution < -0.4 is 0 Å². The third-order valence-electron chi connectivity index (χ3n) is 14.7. The fourth-order valence-electron chi connectivity index (χ4n) is 10.1. The van der Waals surface area contributed by atoms with Crippen LogP contribution in [0.3, 0.4) is 0 Å². The van der Waals surface area contributed by atoms with Crippen LogP contribution in [0.1, 0.15) is 66.8 Å². The highest BCUT2D eigenvalue weighted by molar-refractivity contribution is 5.71. The number of hydrogen-bond donors (Lipinski definition) is 0. The zero-order chi connectivity index (χ0) is 59.8. The van der Waals surface area contributed by atoms with Crippen molar-refractivity contribution in [2.75, 3.05) is 0 Å². The molecule has 0 saturated heterocycles. The topological polar surface area (TPSA) is 0 Å². The molecule has 0 aliphatic heterocycles. The maximum absolute atomic E-state index is 2.24. The fraction of sp³-hybridized carbons (Fsp3) is 0.143. The lowest BCUT2D eigenvalue weighted by atomic mass is 9.99. The van der Waals surface area contributed by atoms with Gasteiger partial charge in [-0.3, -0.25) is 0 Å². The lowest BCUT2D eigenvalue weighted by Crippen LogP contribution is -1.83. The van der Waals surface area contributed by atoms with Gasteiger partial charge in [-0.15, -0.1) is 0 Å². The monoisotopic (exact) mass is 1090 g/mol. The molecule has 0 heteroatoms. The molecule has 12 aromatic rings.